The minimum atomic E-state index is -0.810. The Morgan fingerprint density at radius 1 is 1.36 bits per heavy atom. The maximum absolute atomic E-state index is 13.1. The average Bonchev–Trinajstić information content (AvgIpc) is 2.86. The maximum Gasteiger partial charge on any atom is 0.426 e. The van der Waals surface area contributed by atoms with Crippen molar-refractivity contribution >= 4 is 29.6 Å². The van der Waals surface area contributed by atoms with Crippen LogP contribution in [-0.4, -0.2) is 83.3 Å². The highest BCUT2D eigenvalue weighted by Gasteiger charge is 2.48. The molecule has 0 aromatic carbocycles. The lowest BCUT2D eigenvalue weighted by Gasteiger charge is -2.41. The monoisotopic (exact) mass is 494 g/mol. The number of carbonyl (C=O) groups is 2. The van der Waals surface area contributed by atoms with Crippen LogP contribution in [0.15, 0.2) is 18.3 Å². The Bertz CT molecular complexity index is 1220. The van der Waals surface area contributed by atoms with Crippen LogP contribution in [0.25, 0.3) is 0 Å². The number of anilines is 1. The molecular weight excluding hydrogens is 462 g/mol. The Morgan fingerprint density at radius 3 is 2.67 bits per heavy atom. The molecule has 0 bridgehead atoms. The molecule has 11 nitrogen and oxygen atoms in total. The molecule has 11 heteroatoms. The molecule has 4 N–H and O–H groups in total. The van der Waals surface area contributed by atoms with E-state index in [1.807, 2.05) is 23.9 Å². The molecule has 1 saturated heterocycles. The van der Waals surface area contributed by atoms with Crippen molar-refractivity contribution in [2.24, 2.45) is 5.73 Å². The molecule has 36 heavy (non-hydrogen) atoms. The van der Waals surface area contributed by atoms with Gasteiger partial charge in [0.15, 0.2) is 6.29 Å². The lowest BCUT2D eigenvalue weighted by atomic mass is 9.90. The van der Waals surface area contributed by atoms with Crippen molar-refractivity contribution in [1.82, 2.24) is 19.4 Å². The molecule has 2 aliphatic rings. The zero-order chi connectivity index (χ0) is 26.1. The summed E-state index contributed by atoms with van der Waals surface area (Å²) < 4.78 is -0.487. The fourth-order valence-electron chi connectivity index (χ4n) is 5.41. The summed E-state index contributed by atoms with van der Waals surface area (Å²) in [5.41, 5.74) is 7.30. The topological polar surface area (TPSA) is 157 Å². The van der Waals surface area contributed by atoms with Crippen LogP contribution in [-0.2, 0) is 13.0 Å². The number of pyridine rings is 2. The number of aldehydes is 1. The molecule has 2 aromatic heterocycles. The number of piperidine rings is 1. The standard InChI is InChI=1S/C25H31N7O4/c1-30(2)16-25(36)5-7-31(8-6-25)21-11-22(28-13-19(21)12-26)32(24(27)35)9-3-4-17-10-18(14-33)20(15-34)29-23(17)32/h10-11,13,15,33,36H,3-9,14,16H2,1-2H3,(H-,27,35)/p+1. The van der Waals surface area contributed by atoms with Gasteiger partial charge in [0.25, 0.3) is 0 Å². The van der Waals surface area contributed by atoms with Gasteiger partial charge < -0.3 is 25.7 Å². The van der Waals surface area contributed by atoms with Gasteiger partial charge in [-0.25, -0.2) is 9.78 Å². The van der Waals surface area contributed by atoms with E-state index < -0.39 is 16.1 Å². The molecule has 0 spiro atoms. The number of nitrogens with two attached hydrogens (primary N) is 1. The van der Waals surface area contributed by atoms with Crippen LogP contribution in [0, 0.1) is 11.3 Å². The number of rotatable bonds is 6. The highest BCUT2D eigenvalue weighted by molar-refractivity contribution is 5.93. The second-order valence-electron chi connectivity index (χ2n) is 9.89. The molecule has 2 aromatic rings. The van der Waals surface area contributed by atoms with Gasteiger partial charge in [0.1, 0.15) is 18.3 Å². The van der Waals surface area contributed by atoms with Crippen molar-refractivity contribution in [2.75, 3.05) is 45.2 Å². The Kier molecular flexibility index (Phi) is 7.06. The van der Waals surface area contributed by atoms with Crippen molar-refractivity contribution in [3.63, 3.8) is 0 Å². The largest absolute Gasteiger partial charge is 0.426 e. The minimum Gasteiger partial charge on any atom is -0.392 e. The molecule has 4 heterocycles. The first-order valence-corrected chi connectivity index (χ1v) is 12.0. The molecule has 1 fully saturated rings. The van der Waals surface area contributed by atoms with Gasteiger partial charge in [-0.15, -0.1) is 4.48 Å². The number of hydrogen-bond acceptors (Lipinski definition) is 9. The number of aryl methyl sites for hydroxylation is 1. The number of hydrogen-bond donors (Lipinski definition) is 3. The van der Waals surface area contributed by atoms with Crippen LogP contribution in [0.4, 0.5) is 22.1 Å². The van der Waals surface area contributed by atoms with E-state index in [0.717, 1.165) is 0 Å². The average molecular weight is 495 g/mol. The summed E-state index contributed by atoms with van der Waals surface area (Å²) >= 11 is 0. The molecule has 1 unspecified atom stereocenters. The molecule has 190 valence electrons. The number of nitrogens with zero attached hydrogens (tertiary/aromatic N) is 6. The number of likely N-dealkylation sites (N-methyl/N-ethyl adjacent to an activating group) is 1. The summed E-state index contributed by atoms with van der Waals surface area (Å²) in [7, 11) is 3.84. The van der Waals surface area contributed by atoms with Gasteiger partial charge in [0, 0.05) is 43.2 Å². The van der Waals surface area contributed by atoms with Gasteiger partial charge in [0.2, 0.25) is 11.6 Å². The summed E-state index contributed by atoms with van der Waals surface area (Å²) in [5, 5.41) is 30.4. The molecule has 2 aliphatic heterocycles. The van der Waals surface area contributed by atoms with Crippen molar-refractivity contribution in [3.8, 4) is 6.07 Å². The van der Waals surface area contributed by atoms with Crippen LogP contribution in [0.1, 0.15) is 46.4 Å². The van der Waals surface area contributed by atoms with Gasteiger partial charge in [-0.2, -0.15) is 10.2 Å². The number of primary amides is 1. The first kappa shape index (κ1) is 25.7. The van der Waals surface area contributed by atoms with E-state index in [1.165, 1.54) is 6.20 Å². The Morgan fingerprint density at radius 2 is 2.08 bits per heavy atom. The Labute approximate surface area is 210 Å². The van der Waals surface area contributed by atoms with E-state index in [-0.39, 0.29) is 12.3 Å². The number of aliphatic hydroxyl groups excluding tert-OH is 1. The summed E-state index contributed by atoms with van der Waals surface area (Å²) in [6.07, 6.45) is 4.27. The lowest BCUT2D eigenvalue weighted by molar-refractivity contribution is -0.00538. The summed E-state index contributed by atoms with van der Waals surface area (Å²) in [6, 6.07) is 4.89. The van der Waals surface area contributed by atoms with Gasteiger partial charge in [-0.3, -0.25) is 4.79 Å². The van der Waals surface area contributed by atoms with E-state index in [1.54, 1.807) is 12.1 Å². The van der Waals surface area contributed by atoms with Crippen LogP contribution in [0.3, 0.4) is 0 Å². The number of aromatic nitrogens is 2. The summed E-state index contributed by atoms with van der Waals surface area (Å²) in [4.78, 5) is 37.7. The smallest absolute Gasteiger partial charge is 0.392 e. The number of urea groups is 1. The predicted molar refractivity (Wildman–Crippen MR) is 134 cm³/mol. The van der Waals surface area contributed by atoms with Crippen LogP contribution < -0.4 is 15.1 Å². The quantitative estimate of drug-likeness (QED) is 0.397. The lowest BCUT2D eigenvalue weighted by Crippen LogP contribution is -2.56. The van der Waals surface area contributed by atoms with Crippen molar-refractivity contribution < 1.29 is 19.8 Å². The number of carbonyl (C=O) groups excluding carboxylic acids is 2. The highest BCUT2D eigenvalue weighted by Crippen LogP contribution is 2.41. The summed E-state index contributed by atoms with van der Waals surface area (Å²) in [6.45, 7) is 1.56. The van der Waals surface area contributed by atoms with E-state index in [0.29, 0.717) is 92.2 Å². The highest BCUT2D eigenvalue weighted by atomic mass is 16.3. The third kappa shape index (κ3) is 4.44. The fraction of sp³-hybridized carbons (Fsp3) is 0.480. The molecule has 0 aliphatic carbocycles. The number of nitriles is 1. The van der Waals surface area contributed by atoms with Gasteiger partial charge in [-0.05, 0) is 39.4 Å². The van der Waals surface area contributed by atoms with Crippen molar-refractivity contribution in [3.05, 3.63) is 40.7 Å². The number of aliphatic hydroxyl groups is 2. The number of amides is 2. The van der Waals surface area contributed by atoms with Crippen molar-refractivity contribution in [1.29, 1.82) is 5.26 Å². The third-order valence-electron chi connectivity index (χ3n) is 7.18. The zero-order valence-electron chi connectivity index (χ0n) is 20.6. The molecule has 2 amide bonds. The third-order valence-corrected chi connectivity index (χ3v) is 7.18. The SMILES string of the molecule is CN(C)CC1(O)CCN(c2cc([N+]3(C(N)=O)CCCc4cc(CO)c(C=O)nc43)ncc2C#N)CC1. The molecule has 1 atom stereocenters. The minimum absolute atomic E-state index is 0.0481. The van der Waals surface area contributed by atoms with Crippen LogP contribution in [0.2, 0.25) is 0 Å². The van der Waals surface area contributed by atoms with E-state index in [2.05, 4.69) is 16.0 Å². The summed E-state index contributed by atoms with van der Waals surface area (Å²) in [5.74, 6) is 0.628. The van der Waals surface area contributed by atoms with E-state index in [4.69, 9.17) is 5.73 Å². The maximum atomic E-state index is 13.1. The normalized spacial score (nSPS) is 21.1. The van der Waals surface area contributed by atoms with Gasteiger partial charge in [0.05, 0.1) is 29.7 Å². The molecule has 0 radical (unpaired) electrons. The number of quaternary nitrogens is 1. The molecule has 4 rings (SSSR count). The first-order valence-electron chi connectivity index (χ1n) is 12.0. The second kappa shape index (κ2) is 9.91. The van der Waals surface area contributed by atoms with Crippen molar-refractivity contribution in [2.45, 2.75) is 37.9 Å². The Balaban J connectivity index is 1.79. The van der Waals surface area contributed by atoms with Crippen LogP contribution in [0.5, 0.6) is 0 Å². The number of fused-ring (bicyclic) bond motifs is 1. The Hall–Kier alpha value is -3.43. The molecule has 0 saturated carbocycles. The first-order chi connectivity index (χ1) is 17.2. The zero-order valence-corrected chi connectivity index (χ0v) is 20.6. The van der Waals surface area contributed by atoms with E-state index >= 15 is 0 Å². The van der Waals surface area contributed by atoms with Gasteiger partial charge >= 0.3 is 6.03 Å². The fourth-order valence-corrected chi connectivity index (χ4v) is 5.41. The predicted octanol–water partition coefficient (Wildman–Crippen LogP) is 1.21. The van der Waals surface area contributed by atoms with Crippen LogP contribution >= 0.6 is 0 Å². The van der Waals surface area contributed by atoms with E-state index in [9.17, 15) is 25.1 Å². The second-order valence-corrected chi connectivity index (χ2v) is 9.89. The van der Waals surface area contributed by atoms with Gasteiger partial charge in [-0.1, -0.05) is 0 Å². The molecular formula is C25H32N7O4+.